The van der Waals surface area contributed by atoms with Crippen molar-refractivity contribution < 1.29 is 4.39 Å². The second-order valence-electron chi connectivity index (χ2n) is 7.56. The topological polar surface area (TPSA) is 26.0 Å². The maximum atomic E-state index is 13.5. The highest BCUT2D eigenvalue weighted by Crippen LogP contribution is 2.40. The van der Waals surface area contributed by atoms with Gasteiger partial charge >= 0.3 is 0 Å². The van der Waals surface area contributed by atoms with Crippen LogP contribution in [-0.2, 0) is 6.42 Å². The van der Waals surface area contributed by atoms with Gasteiger partial charge in [-0.25, -0.2) is 4.39 Å². The molecule has 1 aliphatic rings. The molecule has 0 saturated heterocycles. The molecule has 1 aliphatic carbocycles. The van der Waals surface area contributed by atoms with Crippen molar-refractivity contribution in [2.45, 2.75) is 58.9 Å². The molecule has 118 valence electrons. The third-order valence-electron chi connectivity index (χ3n) is 5.09. The fourth-order valence-electron chi connectivity index (χ4n) is 3.54. The Morgan fingerprint density at radius 3 is 2.43 bits per heavy atom. The standard InChI is InChI=1S/C18H27ClFN/c1-18(2,3)14-9-7-12(8-10-14)16(21)11-13-5-4-6-15(20)17(13)19/h4-6,12,14,16H,7-11,21H2,1-3H3. The van der Waals surface area contributed by atoms with Gasteiger partial charge < -0.3 is 5.73 Å². The first-order chi connectivity index (χ1) is 9.79. The van der Waals surface area contributed by atoms with Gasteiger partial charge in [0.1, 0.15) is 5.82 Å². The molecule has 0 amide bonds. The third kappa shape index (κ3) is 4.20. The molecule has 1 nitrogen and oxygen atoms in total. The molecule has 0 heterocycles. The monoisotopic (exact) mass is 311 g/mol. The number of halogens is 2. The number of benzene rings is 1. The zero-order chi connectivity index (χ0) is 15.6. The lowest BCUT2D eigenvalue weighted by atomic mass is 9.68. The molecule has 1 unspecified atom stereocenters. The van der Waals surface area contributed by atoms with Crippen LogP contribution >= 0.6 is 11.6 Å². The molecular formula is C18H27ClFN. The van der Waals surface area contributed by atoms with E-state index in [2.05, 4.69) is 20.8 Å². The first kappa shape index (κ1) is 16.8. The lowest BCUT2D eigenvalue weighted by Gasteiger charge is -2.38. The van der Waals surface area contributed by atoms with Gasteiger partial charge in [0.2, 0.25) is 0 Å². The normalized spacial score (nSPS) is 24.9. The third-order valence-corrected chi connectivity index (χ3v) is 5.51. The maximum Gasteiger partial charge on any atom is 0.142 e. The summed E-state index contributed by atoms with van der Waals surface area (Å²) in [7, 11) is 0. The molecule has 21 heavy (non-hydrogen) atoms. The zero-order valence-corrected chi connectivity index (χ0v) is 14.1. The van der Waals surface area contributed by atoms with E-state index in [1.165, 1.54) is 31.7 Å². The Kier molecular flexibility index (Phi) is 5.32. The Morgan fingerprint density at radius 2 is 1.86 bits per heavy atom. The lowest BCUT2D eigenvalue weighted by molar-refractivity contribution is 0.139. The van der Waals surface area contributed by atoms with Crippen molar-refractivity contribution in [2.75, 3.05) is 0 Å². The minimum absolute atomic E-state index is 0.0743. The predicted octanol–water partition coefficient (Wildman–Crippen LogP) is 5.20. The molecule has 0 radical (unpaired) electrons. The van der Waals surface area contributed by atoms with Crippen LogP contribution < -0.4 is 5.73 Å². The van der Waals surface area contributed by atoms with Gasteiger partial charge in [-0.05, 0) is 61.0 Å². The van der Waals surface area contributed by atoms with Crippen LogP contribution in [0.5, 0.6) is 0 Å². The number of rotatable bonds is 3. The van der Waals surface area contributed by atoms with Crippen molar-refractivity contribution >= 4 is 11.6 Å². The van der Waals surface area contributed by atoms with Gasteiger partial charge in [-0.1, -0.05) is 44.5 Å². The minimum atomic E-state index is -0.349. The number of hydrogen-bond donors (Lipinski definition) is 1. The van der Waals surface area contributed by atoms with Crippen LogP contribution in [0.4, 0.5) is 4.39 Å². The molecule has 0 bridgehead atoms. The zero-order valence-electron chi connectivity index (χ0n) is 13.3. The molecule has 0 spiro atoms. The summed E-state index contributed by atoms with van der Waals surface area (Å²) >= 11 is 6.03. The molecule has 0 aliphatic heterocycles. The van der Waals surface area contributed by atoms with Gasteiger partial charge in [0.15, 0.2) is 0 Å². The summed E-state index contributed by atoms with van der Waals surface area (Å²) in [6, 6.07) is 5.06. The minimum Gasteiger partial charge on any atom is -0.327 e. The summed E-state index contributed by atoms with van der Waals surface area (Å²) in [5.74, 6) is 0.972. The summed E-state index contributed by atoms with van der Waals surface area (Å²) in [5, 5.41) is 0.233. The van der Waals surface area contributed by atoms with E-state index in [1.54, 1.807) is 6.07 Å². The van der Waals surface area contributed by atoms with Crippen LogP contribution in [0, 0.1) is 23.1 Å². The quantitative estimate of drug-likeness (QED) is 0.815. The molecule has 3 heteroatoms. The highest BCUT2D eigenvalue weighted by Gasteiger charge is 2.31. The number of nitrogens with two attached hydrogens (primary N) is 1. The van der Waals surface area contributed by atoms with Crippen LogP contribution in [-0.4, -0.2) is 6.04 Å². The first-order valence-electron chi connectivity index (χ1n) is 7.97. The second-order valence-corrected chi connectivity index (χ2v) is 7.94. The fraction of sp³-hybridized carbons (Fsp3) is 0.667. The van der Waals surface area contributed by atoms with Gasteiger partial charge in [-0.15, -0.1) is 0 Å². The first-order valence-corrected chi connectivity index (χ1v) is 8.35. The van der Waals surface area contributed by atoms with E-state index in [0.717, 1.165) is 11.5 Å². The van der Waals surface area contributed by atoms with Crippen LogP contribution in [0.15, 0.2) is 18.2 Å². The molecule has 1 atom stereocenters. The van der Waals surface area contributed by atoms with Crippen molar-refractivity contribution in [3.05, 3.63) is 34.6 Å². The van der Waals surface area contributed by atoms with Crippen LogP contribution in [0.3, 0.4) is 0 Å². The molecule has 2 rings (SSSR count). The van der Waals surface area contributed by atoms with E-state index in [4.69, 9.17) is 17.3 Å². The van der Waals surface area contributed by atoms with Gasteiger partial charge in [0.05, 0.1) is 5.02 Å². The summed E-state index contributed by atoms with van der Waals surface area (Å²) in [6.45, 7) is 6.97. The summed E-state index contributed by atoms with van der Waals surface area (Å²) in [6.07, 6.45) is 5.52. The summed E-state index contributed by atoms with van der Waals surface area (Å²) in [5.41, 5.74) is 7.60. The lowest BCUT2D eigenvalue weighted by Crippen LogP contribution is -2.37. The summed E-state index contributed by atoms with van der Waals surface area (Å²) in [4.78, 5) is 0. The Bertz CT molecular complexity index is 473. The average Bonchev–Trinajstić information content (AvgIpc) is 2.43. The predicted molar refractivity (Wildman–Crippen MR) is 88.0 cm³/mol. The Morgan fingerprint density at radius 1 is 1.24 bits per heavy atom. The highest BCUT2D eigenvalue weighted by atomic mass is 35.5. The Balaban J connectivity index is 1.93. The molecule has 1 fully saturated rings. The maximum absolute atomic E-state index is 13.5. The van der Waals surface area contributed by atoms with Crippen molar-refractivity contribution in [1.29, 1.82) is 0 Å². The van der Waals surface area contributed by atoms with Gasteiger partial charge in [-0.3, -0.25) is 0 Å². The van der Waals surface area contributed by atoms with Crippen molar-refractivity contribution in [3.8, 4) is 0 Å². The number of hydrogen-bond acceptors (Lipinski definition) is 1. The molecule has 1 aromatic carbocycles. The summed E-state index contributed by atoms with van der Waals surface area (Å²) < 4.78 is 13.5. The molecule has 1 aromatic rings. The highest BCUT2D eigenvalue weighted by molar-refractivity contribution is 6.31. The van der Waals surface area contributed by atoms with E-state index in [-0.39, 0.29) is 16.9 Å². The smallest absolute Gasteiger partial charge is 0.142 e. The average molecular weight is 312 g/mol. The Labute approximate surface area is 133 Å². The van der Waals surface area contributed by atoms with Gasteiger partial charge in [0, 0.05) is 6.04 Å². The van der Waals surface area contributed by atoms with Crippen LogP contribution in [0.25, 0.3) is 0 Å². The SMILES string of the molecule is CC(C)(C)C1CCC(C(N)Cc2cccc(F)c2Cl)CC1. The van der Waals surface area contributed by atoms with E-state index in [9.17, 15) is 4.39 Å². The molecule has 2 N–H and O–H groups in total. The van der Waals surface area contributed by atoms with Crippen molar-refractivity contribution in [2.24, 2.45) is 23.0 Å². The van der Waals surface area contributed by atoms with Crippen molar-refractivity contribution in [1.82, 2.24) is 0 Å². The fourth-order valence-corrected chi connectivity index (χ4v) is 3.74. The molecular weight excluding hydrogens is 285 g/mol. The van der Waals surface area contributed by atoms with E-state index >= 15 is 0 Å². The molecule has 1 saturated carbocycles. The van der Waals surface area contributed by atoms with Gasteiger partial charge in [0.25, 0.3) is 0 Å². The van der Waals surface area contributed by atoms with Crippen LogP contribution in [0.1, 0.15) is 52.0 Å². The van der Waals surface area contributed by atoms with Gasteiger partial charge in [-0.2, -0.15) is 0 Å². The van der Waals surface area contributed by atoms with E-state index < -0.39 is 0 Å². The largest absolute Gasteiger partial charge is 0.327 e. The Hall–Kier alpha value is -0.600. The van der Waals surface area contributed by atoms with Crippen LogP contribution in [0.2, 0.25) is 5.02 Å². The van der Waals surface area contributed by atoms with E-state index in [0.29, 0.717) is 17.8 Å². The molecule has 0 aromatic heterocycles. The van der Waals surface area contributed by atoms with E-state index in [1.807, 2.05) is 6.07 Å². The second kappa shape index (κ2) is 6.66. The van der Waals surface area contributed by atoms with Crippen molar-refractivity contribution in [3.63, 3.8) is 0 Å².